The molecule has 1 amide bonds. The summed E-state index contributed by atoms with van der Waals surface area (Å²) in [7, 11) is 0. The van der Waals surface area contributed by atoms with Gasteiger partial charge in [-0.25, -0.2) is 0 Å². The maximum Gasteiger partial charge on any atom is 0.256 e. The highest BCUT2D eigenvalue weighted by molar-refractivity contribution is 7.99. The van der Waals surface area contributed by atoms with Gasteiger partial charge in [0.1, 0.15) is 5.37 Å². The molecule has 1 unspecified atom stereocenters. The number of benzene rings is 2. The van der Waals surface area contributed by atoms with Crippen molar-refractivity contribution in [3.05, 3.63) is 69.7 Å². The predicted octanol–water partition coefficient (Wildman–Crippen LogP) is 4.88. The average molecular weight is 338 g/mol. The summed E-state index contributed by atoms with van der Waals surface area (Å²) in [5.74, 6) is 0.878. The van der Waals surface area contributed by atoms with E-state index in [1.54, 1.807) is 23.9 Å². The maximum atomic E-state index is 12.7. The smallest absolute Gasteiger partial charge is 0.256 e. The molecule has 0 bridgehead atoms. The molecule has 1 aliphatic rings. The van der Waals surface area contributed by atoms with Crippen molar-refractivity contribution in [2.75, 3.05) is 12.3 Å². The van der Waals surface area contributed by atoms with Crippen molar-refractivity contribution in [1.82, 2.24) is 4.90 Å². The molecular weight excluding hydrogens is 325 g/mol. The van der Waals surface area contributed by atoms with Gasteiger partial charge in [-0.2, -0.15) is 0 Å². The Balaban J connectivity index is 1.91. The molecule has 108 valence electrons. The van der Waals surface area contributed by atoms with Crippen molar-refractivity contribution in [3.63, 3.8) is 0 Å². The summed E-state index contributed by atoms with van der Waals surface area (Å²) in [6.45, 7) is 0.714. The van der Waals surface area contributed by atoms with Gasteiger partial charge in [0.25, 0.3) is 5.91 Å². The van der Waals surface area contributed by atoms with Crippen molar-refractivity contribution in [2.45, 2.75) is 5.37 Å². The molecule has 3 rings (SSSR count). The fraction of sp³-hybridized carbons (Fsp3) is 0.188. The normalized spacial score (nSPS) is 18.0. The summed E-state index contributed by atoms with van der Waals surface area (Å²) in [6.07, 6.45) is 0. The number of rotatable bonds is 2. The Hall–Kier alpha value is -1.16. The Morgan fingerprint density at radius 2 is 1.95 bits per heavy atom. The molecule has 2 aromatic rings. The molecule has 2 aromatic carbocycles. The van der Waals surface area contributed by atoms with Crippen LogP contribution in [0.4, 0.5) is 0 Å². The number of carbonyl (C=O) groups excluding carboxylic acids is 1. The van der Waals surface area contributed by atoms with Gasteiger partial charge < -0.3 is 4.90 Å². The van der Waals surface area contributed by atoms with E-state index in [0.717, 1.165) is 11.3 Å². The number of hydrogen-bond donors (Lipinski definition) is 0. The molecule has 0 aromatic heterocycles. The first-order valence-electron chi connectivity index (χ1n) is 6.59. The minimum atomic E-state index is -0.0319. The van der Waals surface area contributed by atoms with Crippen molar-refractivity contribution >= 4 is 40.9 Å². The van der Waals surface area contributed by atoms with Crippen molar-refractivity contribution in [1.29, 1.82) is 0 Å². The molecule has 5 heteroatoms. The molecule has 0 radical (unpaired) electrons. The van der Waals surface area contributed by atoms with E-state index in [-0.39, 0.29) is 11.3 Å². The van der Waals surface area contributed by atoms with Crippen LogP contribution in [0.3, 0.4) is 0 Å². The zero-order valence-corrected chi connectivity index (χ0v) is 13.5. The Morgan fingerprint density at radius 1 is 1.14 bits per heavy atom. The first-order chi connectivity index (χ1) is 10.2. The molecule has 2 nitrogen and oxygen atoms in total. The Bertz CT molecular complexity index is 677. The summed E-state index contributed by atoms with van der Waals surface area (Å²) in [5, 5.41) is 1.17. The van der Waals surface area contributed by atoms with Crippen molar-refractivity contribution < 1.29 is 4.79 Å². The van der Waals surface area contributed by atoms with E-state index in [9.17, 15) is 4.79 Å². The molecule has 21 heavy (non-hydrogen) atoms. The number of nitrogens with zero attached hydrogens (tertiary/aromatic N) is 1. The third kappa shape index (κ3) is 3.05. The van der Waals surface area contributed by atoms with Gasteiger partial charge in [0.05, 0.1) is 10.6 Å². The monoisotopic (exact) mass is 337 g/mol. The number of halogens is 2. The molecule has 0 spiro atoms. The van der Waals surface area contributed by atoms with Crippen LogP contribution in [0.15, 0.2) is 48.5 Å². The highest BCUT2D eigenvalue weighted by Gasteiger charge is 2.32. The van der Waals surface area contributed by atoms with Crippen LogP contribution in [0.5, 0.6) is 0 Å². The van der Waals surface area contributed by atoms with Crippen LogP contribution in [0.1, 0.15) is 21.3 Å². The van der Waals surface area contributed by atoms with Gasteiger partial charge in [0.15, 0.2) is 0 Å². The van der Waals surface area contributed by atoms with Crippen LogP contribution in [0, 0.1) is 0 Å². The van der Waals surface area contributed by atoms with Crippen molar-refractivity contribution in [3.8, 4) is 0 Å². The molecule has 0 N–H and O–H groups in total. The zero-order chi connectivity index (χ0) is 14.8. The van der Waals surface area contributed by atoms with E-state index in [4.69, 9.17) is 23.2 Å². The van der Waals surface area contributed by atoms with Crippen LogP contribution >= 0.6 is 35.0 Å². The zero-order valence-electron chi connectivity index (χ0n) is 11.1. The van der Waals surface area contributed by atoms with Gasteiger partial charge >= 0.3 is 0 Å². The quantitative estimate of drug-likeness (QED) is 0.778. The second-order valence-corrected chi connectivity index (χ2v) is 6.79. The van der Waals surface area contributed by atoms with Crippen LogP contribution in [0.25, 0.3) is 0 Å². The van der Waals surface area contributed by atoms with E-state index in [2.05, 4.69) is 0 Å². The average Bonchev–Trinajstić information content (AvgIpc) is 2.96. The SMILES string of the molecule is O=C(c1ccccc1Cl)N1CCSC1c1cccc(Cl)c1. The van der Waals surface area contributed by atoms with Crippen LogP contribution in [0.2, 0.25) is 10.0 Å². The molecular formula is C16H13Cl2NOS. The van der Waals surface area contributed by atoms with Gasteiger partial charge in [-0.05, 0) is 29.8 Å². The second kappa shape index (κ2) is 6.30. The lowest BCUT2D eigenvalue weighted by molar-refractivity contribution is 0.0760. The van der Waals surface area contributed by atoms with Gasteiger partial charge in [-0.3, -0.25) is 4.79 Å². The van der Waals surface area contributed by atoms with E-state index in [1.165, 1.54) is 0 Å². The molecule has 1 fully saturated rings. The highest BCUT2D eigenvalue weighted by atomic mass is 35.5. The first kappa shape index (κ1) is 14.8. The van der Waals surface area contributed by atoms with Gasteiger partial charge in [0, 0.05) is 17.3 Å². The van der Waals surface area contributed by atoms with Gasteiger partial charge in [-0.1, -0.05) is 47.5 Å². The largest absolute Gasteiger partial charge is 0.322 e. The van der Waals surface area contributed by atoms with Crippen LogP contribution < -0.4 is 0 Å². The van der Waals surface area contributed by atoms with Gasteiger partial charge in [-0.15, -0.1) is 11.8 Å². The summed E-state index contributed by atoms with van der Waals surface area (Å²) in [5.41, 5.74) is 1.60. The molecule has 0 aliphatic carbocycles. The van der Waals surface area contributed by atoms with E-state index >= 15 is 0 Å². The molecule has 1 atom stereocenters. The molecule has 0 saturated carbocycles. The second-order valence-electron chi connectivity index (χ2n) is 4.76. The molecule has 1 aliphatic heterocycles. The number of thioether (sulfide) groups is 1. The maximum absolute atomic E-state index is 12.7. The van der Waals surface area contributed by atoms with E-state index < -0.39 is 0 Å². The predicted molar refractivity (Wildman–Crippen MR) is 89.1 cm³/mol. The van der Waals surface area contributed by atoms with E-state index in [1.807, 2.05) is 41.3 Å². The Kier molecular flexibility index (Phi) is 4.43. The van der Waals surface area contributed by atoms with Crippen LogP contribution in [-0.4, -0.2) is 23.1 Å². The van der Waals surface area contributed by atoms with Crippen molar-refractivity contribution in [2.24, 2.45) is 0 Å². The fourth-order valence-electron chi connectivity index (χ4n) is 2.40. The third-order valence-corrected chi connectivity index (χ3v) is 5.22. The highest BCUT2D eigenvalue weighted by Crippen LogP contribution is 2.39. The lowest BCUT2D eigenvalue weighted by Crippen LogP contribution is -2.30. The molecule has 1 saturated heterocycles. The number of hydrogen-bond acceptors (Lipinski definition) is 2. The topological polar surface area (TPSA) is 20.3 Å². The van der Waals surface area contributed by atoms with Gasteiger partial charge in [0.2, 0.25) is 0 Å². The summed E-state index contributed by atoms with van der Waals surface area (Å²) in [6, 6.07) is 14.8. The summed E-state index contributed by atoms with van der Waals surface area (Å²) in [4.78, 5) is 14.6. The lowest BCUT2D eigenvalue weighted by atomic mass is 10.1. The Morgan fingerprint density at radius 3 is 2.71 bits per heavy atom. The summed E-state index contributed by atoms with van der Waals surface area (Å²) >= 11 is 13.9. The first-order valence-corrected chi connectivity index (χ1v) is 8.40. The number of amides is 1. The minimum absolute atomic E-state index is 0.00697. The van der Waals surface area contributed by atoms with Crippen LogP contribution in [-0.2, 0) is 0 Å². The minimum Gasteiger partial charge on any atom is -0.322 e. The standard InChI is InChI=1S/C16H13Cl2NOS/c17-12-5-3-4-11(10-12)16-19(8-9-21-16)15(20)13-6-1-2-7-14(13)18/h1-7,10,16H,8-9H2. The third-order valence-electron chi connectivity index (χ3n) is 3.39. The Labute approximate surface area is 138 Å². The van der Waals surface area contributed by atoms with E-state index in [0.29, 0.717) is 22.2 Å². The molecule has 1 heterocycles. The lowest BCUT2D eigenvalue weighted by Gasteiger charge is -2.24. The fourth-order valence-corrected chi connectivity index (χ4v) is 4.06. The summed E-state index contributed by atoms with van der Waals surface area (Å²) < 4.78 is 0. The number of carbonyl (C=O) groups is 1.